The number of hydrogen-bond donors (Lipinski definition) is 1. The molecule has 7 nitrogen and oxygen atoms in total. The monoisotopic (exact) mass is 661 g/mol. The molecule has 1 N–H and O–H groups in total. The Labute approximate surface area is 265 Å². The van der Waals surface area contributed by atoms with Gasteiger partial charge < -0.3 is 14.7 Å². The zero-order chi connectivity index (χ0) is 31.4. The lowest BCUT2D eigenvalue weighted by atomic mass is 10.1. The van der Waals surface area contributed by atoms with Crippen molar-refractivity contribution >= 4 is 46.3 Å². The van der Waals surface area contributed by atoms with Gasteiger partial charge in [-0.1, -0.05) is 18.2 Å². The maximum Gasteiger partial charge on any atom is 0.416 e. The minimum atomic E-state index is -4.41. The van der Waals surface area contributed by atoms with Crippen LogP contribution in [0.4, 0.5) is 13.2 Å². The van der Waals surface area contributed by atoms with Crippen LogP contribution in [-0.4, -0.2) is 64.0 Å². The van der Waals surface area contributed by atoms with Crippen molar-refractivity contribution in [3.8, 4) is 16.3 Å². The highest BCUT2D eigenvalue weighted by molar-refractivity contribution is 7.98. The Hall–Kier alpha value is -3.39. The molecule has 13 heteroatoms. The number of aromatic nitrogens is 1. The van der Waals surface area contributed by atoms with E-state index in [0.717, 1.165) is 38.0 Å². The van der Waals surface area contributed by atoms with E-state index >= 15 is 0 Å². The Morgan fingerprint density at radius 2 is 1.82 bits per heavy atom. The van der Waals surface area contributed by atoms with Crippen LogP contribution in [0.15, 0.2) is 64.9 Å². The number of carboxylic acid groups (broad SMARTS) is 1. The molecular formula is C31H30F3N3O4S3. The van der Waals surface area contributed by atoms with Gasteiger partial charge in [-0.25, -0.2) is 9.78 Å². The molecule has 0 spiro atoms. The Bertz CT molecular complexity index is 1600. The molecule has 5 rings (SSSR count). The van der Waals surface area contributed by atoms with E-state index in [4.69, 9.17) is 14.8 Å². The number of alkyl halides is 3. The van der Waals surface area contributed by atoms with E-state index in [0.29, 0.717) is 54.8 Å². The molecule has 1 atom stereocenters. The Kier molecular flexibility index (Phi) is 9.98. The fourth-order valence-corrected chi connectivity index (χ4v) is 7.52. The number of thiazole rings is 1. The minimum absolute atomic E-state index is 0.0408. The fourth-order valence-electron chi connectivity index (χ4n) is 4.66. The number of aryl methyl sites for hydroxylation is 1. The summed E-state index contributed by atoms with van der Waals surface area (Å²) >= 11 is 4.49. The van der Waals surface area contributed by atoms with Gasteiger partial charge in [0.25, 0.3) is 5.91 Å². The lowest BCUT2D eigenvalue weighted by Gasteiger charge is -2.34. The largest absolute Gasteiger partial charge is 0.479 e. The second kappa shape index (κ2) is 13.7. The lowest BCUT2D eigenvalue weighted by molar-refractivity contribution is -0.144. The minimum Gasteiger partial charge on any atom is -0.479 e. The number of aliphatic carboxylic acids is 1. The number of piperazine rings is 1. The maximum absolute atomic E-state index is 13.1. The number of rotatable bonds is 10. The first-order valence-electron chi connectivity index (χ1n) is 13.8. The molecule has 232 valence electrons. The molecule has 2 aromatic carbocycles. The van der Waals surface area contributed by atoms with Gasteiger partial charge in [0.05, 0.1) is 16.1 Å². The average Bonchev–Trinajstić information content (AvgIpc) is 3.68. The summed E-state index contributed by atoms with van der Waals surface area (Å²) in [6.07, 6.45) is -5.38. The van der Waals surface area contributed by atoms with Crippen LogP contribution >= 0.6 is 34.4 Å². The summed E-state index contributed by atoms with van der Waals surface area (Å²) in [5.41, 5.74) is 1.59. The van der Waals surface area contributed by atoms with Crippen LogP contribution in [0.1, 0.15) is 38.3 Å². The average molecular weight is 662 g/mol. The molecule has 1 amide bonds. The highest BCUT2D eigenvalue weighted by Crippen LogP contribution is 2.36. The molecule has 44 heavy (non-hydrogen) atoms. The molecule has 4 aromatic rings. The van der Waals surface area contributed by atoms with Gasteiger partial charge in [0.2, 0.25) is 0 Å². The molecule has 0 saturated carbocycles. The van der Waals surface area contributed by atoms with Crippen LogP contribution in [0.2, 0.25) is 0 Å². The van der Waals surface area contributed by atoms with E-state index in [1.807, 2.05) is 41.5 Å². The Morgan fingerprint density at radius 1 is 1.09 bits per heavy atom. The smallest absolute Gasteiger partial charge is 0.416 e. The van der Waals surface area contributed by atoms with E-state index in [1.165, 1.54) is 41.7 Å². The number of carboxylic acids is 1. The van der Waals surface area contributed by atoms with Crippen LogP contribution < -0.4 is 4.74 Å². The summed E-state index contributed by atoms with van der Waals surface area (Å²) < 4.78 is 45.0. The molecule has 1 aliphatic rings. The van der Waals surface area contributed by atoms with Gasteiger partial charge >= 0.3 is 12.1 Å². The van der Waals surface area contributed by atoms with Gasteiger partial charge in [-0.3, -0.25) is 9.69 Å². The molecule has 1 unspecified atom stereocenters. The van der Waals surface area contributed by atoms with Gasteiger partial charge in [-0.15, -0.1) is 34.4 Å². The van der Waals surface area contributed by atoms with Gasteiger partial charge in [0.1, 0.15) is 10.8 Å². The summed E-state index contributed by atoms with van der Waals surface area (Å²) in [5, 5.41) is 11.7. The summed E-state index contributed by atoms with van der Waals surface area (Å²) in [4.78, 5) is 35.6. The van der Waals surface area contributed by atoms with Crippen LogP contribution in [-0.2, 0) is 23.3 Å². The van der Waals surface area contributed by atoms with E-state index < -0.39 is 23.8 Å². The highest BCUT2D eigenvalue weighted by Gasteiger charge is 2.30. The van der Waals surface area contributed by atoms with Crippen molar-refractivity contribution in [3.63, 3.8) is 0 Å². The number of carbonyl (C=O) groups is 2. The van der Waals surface area contributed by atoms with Crippen molar-refractivity contribution < 1.29 is 32.6 Å². The topological polar surface area (TPSA) is 83.0 Å². The molecule has 2 aromatic heterocycles. The second-order valence-electron chi connectivity index (χ2n) is 10.3. The summed E-state index contributed by atoms with van der Waals surface area (Å²) in [7, 11) is 0. The number of carbonyl (C=O) groups excluding carboxylic acids is 1. The Balaban J connectivity index is 1.31. The maximum atomic E-state index is 13.1. The molecule has 1 fully saturated rings. The molecule has 3 heterocycles. The lowest BCUT2D eigenvalue weighted by Crippen LogP contribution is -2.48. The number of thiophene rings is 1. The fraction of sp³-hybridized carbons (Fsp3) is 0.323. The van der Waals surface area contributed by atoms with E-state index in [2.05, 4.69) is 4.90 Å². The molecular weight excluding hydrogens is 632 g/mol. The first kappa shape index (κ1) is 32.0. The van der Waals surface area contributed by atoms with Crippen molar-refractivity contribution in [2.24, 2.45) is 0 Å². The molecule has 0 radical (unpaired) electrons. The molecule has 0 aliphatic carbocycles. The molecule has 1 aliphatic heterocycles. The summed E-state index contributed by atoms with van der Waals surface area (Å²) in [5.74, 6) is 0.0958. The number of thioether (sulfide) groups is 1. The molecule has 1 saturated heterocycles. The summed E-state index contributed by atoms with van der Waals surface area (Å²) in [6, 6.07) is 14.3. The first-order valence-corrected chi connectivity index (χ1v) is 16.5. The third-order valence-corrected chi connectivity index (χ3v) is 10.4. The van der Waals surface area contributed by atoms with Crippen molar-refractivity contribution in [2.75, 3.05) is 26.2 Å². The van der Waals surface area contributed by atoms with E-state index in [9.17, 15) is 22.8 Å². The standard InChI is InChI=1S/C31H30F3N3O4S3/c1-19-16-23(9-10-25(19)41-20(2)30(39)40)43-18-27-24(35-28(44-27)21-5-7-22(8-6-21)31(32,33)34)17-36-11-13-37(14-12-36)29(38)26-4-3-15-42-26/h3-10,15-16,20H,11-14,17-18H2,1-2H3,(H,39,40). The predicted molar refractivity (Wildman–Crippen MR) is 167 cm³/mol. The third kappa shape index (κ3) is 7.81. The zero-order valence-electron chi connectivity index (χ0n) is 24.0. The second-order valence-corrected chi connectivity index (χ2v) is 13.4. The quantitative estimate of drug-likeness (QED) is 0.179. The van der Waals surface area contributed by atoms with Crippen molar-refractivity contribution in [2.45, 2.75) is 43.3 Å². The highest BCUT2D eigenvalue weighted by atomic mass is 32.2. The van der Waals surface area contributed by atoms with Gasteiger partial charge in [0.15, 0.2) is 6.10 Å². The van der Waals surface area contributed by atoms with E-state index in [-0.39, 0.29) is 5.91 Å². The van der Waals surface area contributed by atoms with Crippen LogP contribution in [0.3, 0.4) is 0 Å². The normalized spacial score (nSPS) is 14.9. The zero-order valence-corrected chi connectivity index (χ0v) is 26.4. The number of amides is 1. The van der Waals surface area contributed by atoms with Gasteiger partial charge in [-0.2, -0.15) is 13.2 Å². The summed E-state index contributed by atoms with van der Waals surface area (Å²) in [6.45, 7) is 6.48. The number of benzene rings is 2. The number of halogens is 3. The van der Waals surface area contributed by atoms with Crippen molar-refractivity contribution in [1.29, 1.82) is 0 Å². The van der Waals surface area contributed by atoms with Gasteiger partial charge in [-0.05, 0) is 61.2 Å². The molecule has 0 bridgehead atoms. The first-order chi connectivity index (χ1) is 21.0. The number of nitrogens with zero attached hydrogens (tertiary/aromatic N) is 3. The third-order valence-electron chi connectivity index (χ3n) is 7.17. The van der Waals surface area contributed by atoms with Crippen LogP contribution in [0, 0.1) is 6.92 Å². The van der Waals surface area contributed by atoms with Crippen molar-refractivity contribution in [3.05, 3.63) is 86.6 Å². The Morgan fingerprint density at radius 3 is 2.43 bits per heavy atom. The van der Waals surface area contributed by atoms with Crippen molar-refractivity contribution in [1.82, 2.24) is 14.8 Å². The predicted octanol–water partition coefficient (Wildman–Crippen LogP) is 7.30. The van der Waals surface area contributed by atoms with Crippen LogP contribution in [0.25, 0.3) is 10.6 Å². The van der Waals surface area contributed by atoms with Crippen LogP contribution in [0.5, 0.6) is 5.75 Å². The number of hydrogen-bond acceptors (Lipinski definition) is 8. The van der Waals surface area contributed by atoms with Gasteiger partial charge in [0, 0.05) is 53.8 Å². The SMILES string of the molecule is Cc1cc(SCc2sc(-c3ccc(C(F)(F)F)cc3)nc2CN2CCN(C(=O)c3cccs3)CC2)ccc1OC(C)C(=O)O. The number of ether oxygens (including phenoxy) is 1. The van der Waals surface area contributed by atoms with E-state index in [1.54, 1.807) is 17.8 Å².